The van der Waals surface area contributed by atoms with E-state index in [9.17, 15) is 9.59 Å². The number of Topliss-reactive ketones (excluding diaryl/α,β-unsaturated/α-hetero) is 1. The number of hydrogen-bond donors (Lipinski definition) is 0. The summed E-state index contributed by atoms with van der Waals surface area (Å²) < 4.78 is 0. The molecule has 0 rings (SSSR count). The van der Waals surface area contributed by atoms with E-state index in [4.69, 9.17) is 0 Å². The summed E-state index contributed by atoms with van der Waals surface area (Å²) in [7, 11) is 0. The van der Waals surface area contributed by atoms with Crippen molar-refractivity contribution >= 4 is 12.1 Å². The molecule has 0 aliphatic heterocycles. The van der Waals surface area contributed by atoms with E-state index in [1.165, 1.54) is 20.3 Å². The Hall–Kier alpha value is -0.660. The third-order valence-corrected chi connectivity index (χ3v) is 0.167. The van der Waals surface area contributed by atoms with E-state index in [0.29, 0.717) is 6.42 Å². The molecule has 82 valence electrons. The van der Waals surface area contributed by atoms with Crippen molar-refractivity contribution in [3.8, 4) is 0 Å². The summed E-state index contributed by atoms with van der Waals surface area (Å²) in [6.07, 6.45) is 2.76. The summed E-state index contributed by atoms with van der Waals surface area (Å²) in [6, 6.07) is 0. The number of hydrogen-bond acceptors (Lipinski definition) is 2. The predicted octanol–water partition coefficient (Wildman–Crippen LogP) is 3.63. The zero-order valence-corrected chi connectivity index (χ0v) is 10.3. The van der Waals surface area contributed by atoms with Crippen molar-refractivity contribution in [2.75, 3.05) is 0 Å². The fourth-order valence-electron chi connectivity index (χ4n) is 0. The fraction of sp³-hybridized carbons (Fsp3) is 0.818. The van der Waals surface area contributed by atoms with Crippen molar-refractivity contribution < 1.29 is 9.59 Å². The highest BCUT2D eigenvalue weighted by molar-refractivity contribution is 5.72. The Morgan fingerprint density at radius 3 is 1.15 bits per heavy atom. The maximum atomic E-state index is 9.44. The van der Waals surface area contributed by atoms with Gasteiger partial charge >= 0.3 is 0 Å². The van der Waals surface area contributed by atoms with Gasteiger partial charge in [-0.05, 0) is 13.8 Å². The molecule has 0 aliphatic carbocycles. The standard InChI is InChI=1S/2C3H6O.C3H8.C2H6/c1-3(2)4;1-2-3-4;1-3-2;1-2/h1-2H3;3H,2H2,1H3;3H2,1-2H3;1-2H3. The van der Waals surface area contributed by atoms with Gasteiger partial charge < -0.3 is 9.59 Å². The lowest BCUT2D eigenvalue weighted by atomic mass is 10.6. The molecule has 0 fully saturated rings. The van der Waals surface area contributed by atoms with E-state index in [2.05, 4.69) is 13.8 Å². The van der Waals surface area contributed by atoms with Crippen molar-refractivity contribution in [1.29, 1.82) is 0 Å². The van der Waals surface area contributed by atoms with Crippen LogP contribution in [0.4, 0.5) is 0 Å². The van der Waals surface area contributed by atoms with Gasteiger partial charge in [-0.3, -0.25) is 0 Å². The van der Waals surface area contributed by atoms with Gasteiger partial charge in [0.1, 0.15) is 12.1 Å². The summed E-state index contributed by atoms with van der Waals surface area (Å²) in [5, 5.41) is 0. The summed E-state index contributed by atoms with van der Waals surface area (Å²) >= 11 is 0. The molecule has 0 aromatic carbocycles. The second-order valence-corrected chi connectivity index (χ2v) is 2.19. The summed E-state index contributed by atoms with van der Waals surface area (Å²) in [5.74, 6) is 0.167. The minimum absolute atomic E-state index is 0.167. The molecule has 0 bridgehead atoms. The third kappa shape index (κ3) is 8560. The first-order valence-electron chi connectivity index (χ1n) is 4.97. The summed E-state index contributed by atoms with van der Waals surface area (Å²) in [5.41, 5.74) is 0. The maximum Gasteiger partial charge on any atom is 0.126 e. The number of aldehydes is 1. The number of ketones is 1. The maximum absolute atomic E-state index is 9.44. The second-order valence-electron chi connectivity index (χ2n) is 2.19. The SMILES string of the molecule is CC.CC(C)=O.CCC.CCC=O. The van der Waals surface area contributed by atoms with E-state index < -0.39 is 0 Å². The first-order chi connectivity index (χ1) is 6.06. The Morgan fingerprint density at radius 2 is 1.15 bits per heavy atom. The van der Waals surface area contributed by atoms with Gasteiger partial charge in [0.25, 0.3) is 0 Å². The van der Waals surface area contributed by atoms with Gasteiger partial charge in [0.15, 0.2) is 0 Å². The molecule has 0 heterocycles. The minimum atomic E-state index is 0.167. The fourth-order valence-corrected chi connectivity index (χ4v) is 0. The normalized spacial score (nSPS) is 5.77. The Morgan fingerprint density at radius 1 is 1.08 bits per heavy atom. The van der Waals surface area contributed by atoms with Crippen LogP contribution in [0.2, 0.25) is 0 Å². The highest BCUT2D eigenvalue weighted by Crippen LogP contribution is 1.56. The Kier molecular flexibility index (Phi) is 74.6. The van der Waals surface area contributed by atoms with E-state index in [-0.39, 0.29) is 5.78 Å². The second kappa shape index (κ2) is 42.5. The van der Waals surface area contributed by atoms with Crippen molar-refractivity contribution in [2.24, 2.45) is 0 Å². The molecule has 0 N–H and O–H groups in total. The number of rotatable bonds is 1. The predicted molar refractivity (Wildman–Crippen MR) is 60.0 cm³/mol. The average molecular weight is 190 g/mol. The molecule has 0 atom stereocenters. The molecular formula is C11H26O2. The van der Waals surface area contributed by atoms with Gasteiger partial charge in [-0.15, -0.1) is 0 Å². The molecule has 0 aromatic heterocycles. The van der Waals surface area contributed by atoms with Crippen LogP contribution in [0.3, 0.4) is 0 Å². The quantitative estimate of drug-likeness (QED) is 0.592. The van der Waals surface area contributed by atoms with Crippen LogP contribution in [0.25, 0.3) is 0 Å². The molecule has 0 aromatic rings. The van der Waals surface area contributed by atoms with Gasteiger partial charge in [0.05, 0.1) is 0 Å². The van der Waals surface area contributed by atoms with Gasteiger partial charge in [-0.1, -0.05) is 41.0 Å². The first-order valence-corrected chi connectivity index (χ1v) is 4.97. The van der Waals surface area contributed by atoms with Crippen LogP contribution in [0.5, 0.6) is 0 Å². The molecule has 0 saturated carbocycles. The average Bonchev–Trinajstić information content (AvgIpc) is 2.08. The molecule has 0 aliphatic rings. The zero-order chi connectivity index (χ0) is 11.7. The zero-order valence-electron chi connectivity index (χ0n) is 10.3. The van der Waals surface area contributed by atoms with Crippen LogP contribution < -0.4 is 0 Å². The van der Waals surface area contributed by atoms with Gasteiger partial charge in [0, 0.05) is 6.42 Å². The van der Waals surface area contributed by atoms with Crippen LogP contribution >= 0.6 is 0 Å². The van der Waals surface area contributed by atoms with Crippen molar-refractivity contribution in [3.05, 3.63) is 0 Å². The van der Waals surface area contributed by atoms with Crippen LogP contribution in [-0.2, 0) is 9.59 Å². The molecular weight excluding hydrogens is 164 g/mol. The lowest BCUT2D eigenvalue weighted by Crippen LogP contribution is -1.69. The van der Waals surface area contributed by atoms with E-state index >= 15 is 0 Å². The Balaban J connectivity index is -0.0000000431. The molecule has 0 saturated heterocycles. The van der Waals surface area contributed by atoms with Gasteiger partial charge in [0.2, 0.25) is 0 Å². The smallest absolute Gasteiger partial charge is 0.126 e. The summed E-state index contributed by atoms with van der Waals surface area (Å²) in [4.78, 5) is 18.6. The number of carbonyl (C=O) groups is 2. The summed E-state index contributed by atoms with van der Waals surface area (Å²) in [6.45, 7) is 13.1. The molecule has 2 nitrogen and oxygen atoms in total. The van der Waals surface area contributed by atoms with E-state index in [1.54, 1.807) is 0 Å². The van der Waals surface area contributed by atoms with E-state index in [0.717, 1.165) is 6.29 Å². The molecule has 0 unspecified atom stereocenters. The Bertz CT molecular complexity index is 74.2. The molecule has 0 radical (unpaired) electrons. The highest BCUT2D eigenvalue weighted by Gasteiger charge is 1.62. The third-order valence-electron chi connectivity index (χ3n) is 0.167. The molecule has 2 heteroatoms. The minimum Gasteiger partial charge on any atom is -0.303 e. The number of carbonyl (C=O) groups excluding carboxylic acids is 2. The van der Waals surface area contributed by atoms with Crippen LogP contribution in [0.1, 0.15) is 61.3 Å². The lowest BCUT2D eigenvalue weighted by molar-refractivity contribution is -0.115. The molecule has 0 amide bonds. The van der Waals surface area contributed by atoms with Crippen molar-refractivity contribution in [3.63, 3.8) is 0 Å². The van der Waals surface area contributed by atoms with Crippen LogP contribution in [0, 0.1) is 0 Å². The van der Waals surface area contributed by atoms with Crippen molar-refractivity contribution in [2.45, 2.75) is 61.3 Å². The lowest BCUT2D eigenvalue weighted by Gasteiger charge is -1.56. The highest BCUT2D eigenvalue weighted by atomic mass is 16.1. The largest absolute Gasteiger partial charge is 0.303 e. The van der Waals surface area contributed by atoms with Crippen LogP contribution in [-0.4, -0.2) is 12.1 Å². The Labute approximate surface area is 83.7 Å². The topological polar surface area (TPSA) is 34.1 Å². The molecule has 0 spiro atoms. The van der Waals surface area contributed by atoms with Gasteiger partial charge in [-0.25, -0.2) is 0 Å². The van der Waals surface area contributed by atoms with Gasteiger partial charge in [-0.2, -0.15) is 0 Å². The monoisotopic (exact) mass is 190 g/mol. The molecule has 13 heavy (non-hydrogen) atoms. The first kappa shape index (κ1) is 22.8. The van der Waals surface area contributed by atoms with Crippen LogP contribution in [0.15, 0.2) is 0 Å². The van der Waals surface area contributed by atoms with Crippen molar-refractivity contribution in [1.82, 2.24) is 0 Å². The van der Waals surface area contributed by atoms with E-state index in [1.807, 2.05) is 20.8 Å².